The summed E-state index contributed by atoms with van der Waals surface area (Å²) in [4.78, 5) is 173. The van der Waals surface area contributed by atoms with E-state index in [1.54, 1.807) is 12.1 Å². The Kier molecular flexibility index (Phi) is 37.4. The van der Waals surface area contributed by atoms with E-state index < -0.39 is 152 Å². The van der Waals surface area contributed by atoms with E-state index in [2.05, 4.69) is 33.5 Å². The molecule has 0 spiro atoms. The SMILES string of the molecule is CCCCCCCCCCCCCCCCCC(=O)CCCC(=O)C[C@H]1CSCc2ccccc2CSC[C@@H](C(N)=O)NC(=O)[C@H](CCC(=O)O)CC(=O)CNC(=O)[C@H]([C@@H](C)O)NC(=O)[C@H](CCC(=O)O)NC(=O)[C@@H]2CCCN2C(=O)[C@H](CC(=O)O)NC1=O. The van der Waals surface area contributed by atoms with E-state index >= 15 is 0 Å². The predicted molar refractivity (Wildman–Crippen MR) is 336 cm³/mol. The number of rotatable bonds is 32. The molecule has 1 aromatic rings. The van der Waals surface area contributed by atoms with Crippen LogP contribution in [0.25, 0.3) is 0 Å². The maximum Gasteiger partial charge on any atom is 0.305 e. The molecule has 2 aliphatic heterocycles. The Morgan fingerprint density at radius 3 is 1.67 bits per heavy atom. The molecule has 498 valence electrons. The average molecular weight is 1290 g/mol. The number of primary amides is 1. The molecule has 0 aromatic heterocycles. The zero-order valence-electron chi connectivity index (χ0n) is 51.9. The monoisotopic (exact) mass is 1290 g/mol. The van der Waals surface area contributed by atoms with Crippen molar-refractivity contribution in [2.24, 2.45) is 17.6 Å². The highest BCUT2D eigenvalue weighted by molar-refractivity contribution is 7.98. The average Bonchev–Trinajstić information content (AvgIpc) is 2.40. The molecule has 0 aliphatic carbocycles. The van der Waals surface area contributed by atoms with Crippen LogP contribution in [-0.2, 0) is 73.8 Å². The van der Waals surface area contributed by atoms with Crippen molar-refractivity contribution in [1.29, 1.82) is 0 Å². The van der Waals surface area contributed by atoms with Crippen LogP contribution in [0.4, 0.5) is 0 Å². The van der Waals surface area contributed by atoms with E-state index in [0.717, 1.165) is 48.6 Å². The highest BCUT2D eigenvalue weighted by Crippen LogP contribution is 2.27. The smallest absolute Gasteiger partial charge is 0.305 e. The van der Waals surface area contributed by atoms with Crippen molar-refractivity contribution in [3.63, 3.8) is 0 Å². The highest BCUT2D eigenvalue weighted by Gasteiger charge is 2.41. The Labute approximate surface area is 531 Å². The first kappa shape index (κ1) is 76.8. The van der Waals surface area contributed by atoms with E-state index in [-0.39, 0.29) is 86.1 Å². The number of aliphatic hydroxyl groups excluding tert-OH is 1. The van der Waals surface area contributed by atoms with Crippen molar-refractivity contribution >= 4 is 100 Å². The molecule has 2 heterocycles. The van der Waals surface area contributed by atoms with Gasteiger partial charge < -0.3 is 57.6 Å². The standard InChI is InChI=1S/C63H97N7O17S2/c1-3-4-5-6-7-8-9-10-11-12-13-14-15-16-17-24-46(72)25-20-26-47(73)34-45-39-88-37-43-22-18-19-23-44(43)38-89-40-51(57(64)81)68-58(82)42(28-30-53(75)76)33-48(74)36-65-62(86)56(41(2)71)69-60(84)49(29-31-54(77)78)66-61(85)52-27-21-32-70(52)63(87)50(35-55(79)80)67-59(45)83/h18-19,22-23,41-42,45,49-52,56,71H,3-17,20-21,24-40H2,1-2H3,(H2,64,81)(H,65,86)(H,66,85)(H,67,83)(H,68,82)(H,69,84)(H,75,76)(H,77,78)(H,79,80)/t41-,42-,45+,49+,50+,51+,52+,56+/m1/s1. The number of fused-ring (bicyclic) bond motifs is 2. The fourth-order valence-electron chi connectivity index (χ4n) is 10.7. The Hall–Kier alpha value is -6.41. The lowest BCUT2D eigenvalue weighted by Gasteiger charge is -2.30. The van der Waals surface area contributed by atoms with Crippen molar-refractivity contribution in [1.82, 2.24) is 31.5 Å². The van der Waals surface area contributed by atoms with Crippen LogP contribution >= 0.6 is 23.5 Å². The molecule has 11 N–H and O–H groups in total. The molecule has 26 heteroatoms. The summed E-state index contributed by atoms with van der Waals surface area (Å²) in [5.74, 6) is -14.0. The zero-order valence-corrected chi connectivity index (χ0v) is 53.5. The molecule has 0 radical (unpaired) electrons. The Balaban J connectivity index is 1.87. The summed E-state index contributed by atoms with van der Waals surface area (Å²) in [5, 5.41) is 51.7. The van der Waals surface area contributed by atoms with Gasteiger partial charge in [-0.2, -0.15) is 23.5 Å². The van der Waals surface area contributed by atoms with E-state index in [1.165, 1.54) is 94.2 Å². The van der Waals surface area contributed by atoms with Crippen LogP contribution in [0.2, 0.25) is 0 Å². The number of unbranched alkanes of at least 4 members (excludes halogenated alkanes) is 14. The van der Waals surface area contributed by atoms with Gasteiger partial charge in [0.15, 0.2) is 5.78 Å². The zero-order chi connectivity index (χ0) is 65.7. The van der Waals surface area contributed by atoms with Crippen molar-refractivity contribution in [2.45, 2.75) is 241 Å². The quantitative estimate of drug-likeness (QED) is 0.0402. The lowest BCUT2D eigenvalue weighted by Crippen LogP contribution is -2.60. The lowest BCUT2D eigenvalue weighted by atomic mass is 9.95. The normalized spacial score (nSPS) is 22.0. The van der Waals surface area contributed by atoms with Gasteiger partial charge in [-0.3, -0.25) is 62.3 Å². The number of ketones is 3. The number of Topliss-reactive ketones (excluding diaryl/α,β-unsaturated/α-hetero) is 3. The molecule has 24 nitrogen and oxygen atoms in total. The summed E-state index contributed by atoms with van der Waals surface area (Å²) in [6.45, 7) is 2.46. The minimum absolute atomic E-state index is 0.00139. The van der Waals surface area contributed by atoms with Crippen LogP contribution in [0, 0.1) is 11.8 Å². The van der Waals surface area contributed by atoms with Gasteiger partial charge >= 0.3 is 17.9 Å². The van der Waals surface area contributed by atoms with Gasteiger partial charge in [0.1, 0.15) is 41.8 Å². The van der Waals surface area contributed by atoms with Crippen molar-refractivity contribution in [3.05, 3.63) is 35.4 Å². The summed E-state index contributed by atoms with van der Waals surface area (Å²) in [6, 6.07) is -0.723. The first-order valence-corrected chi connectivity index (χ1v) is 34.0. The van der Waals surface area contributed by atoms with Crippen molar-refractivity contribution < 1.29 is 82.8 Å². The number of nitrogens with one attached hydrogen (secondary N) is 5. The van der Waals surface area contributed by atoms with Crippen LogP contribution in [0.1, 0.15) is 205 Å². The fourth-order valence-corrected chi connectivity index (χ4v) is 13.0. The van der Waals surface area contributed by atoms with Gasteiger partial charge in [-0.05, 0) is 56.6 Å². The molecule has 2 aliphatic rings. The third-order valence-electron chi connectivity index (χ3n) is 15.9. The number of hydrogen-bond acceptors (Lipinski definition) is 16. The van der Waals surface area contributed by atoms with Gasteiger partial charge in [0.2, 0.25) is 41.4 Å². The molecule has 1 fully saturated rings. The Bertz CT molecular complexity index is 2520. The van der Waals surface area contributed by atoms with Gasteiger partial charge in [-0.15, -0.1) is 0 Å². The predicted octanol–water partition coefficient (Wildman–Crippen LogP) is 5.44. The van der Waals surface area contributed by atoms with Crippen LogP contribution in [0.5, 0.6) is 0 Å². The van der Waals surface area contributed by atoms with Gasteiger partial charge in [0.25, 0.3) is 0 Å². The number of carbonyl (C=O) groups excluding carboxylic acids is 10. The third-order valence-corrected chi connectivity index (χ3v) is 18.1. The number of carboxylic acid groups (broad SMARTS) is 3. The van der Waals surface area contributed by atoms with E-state index in [0.29, 0.717) is 6.42 Å². The first-order chi connectivity index (χ1) is 42.5. The summed E-state index contributed by atoms with van der Waals surface area (Å²) < 4.78 is 0. The van der Waals surface area contributed by atoms with Gasteiger partial charge in [-0.25, -0.2) is 0 Å². The number of aliphatic hydroxyl groups is 1. The topological polar surface area (TPSA) is 392 Å². The molecule has 3 rings (SSSR count). The number of hydrogen-bond donors (Lipinski definition) is 10. The Morgan fingerprint density at radius 1 is 0.584 bits per heavy atom. The van der Waals surface area contributed by atoms with E-state index in [1.807, 2.05) is 12.1 Å². The minimum atomic E-state index is -1.82. The molecule has 1 saturated heterocycles. The van der Waals surface area contributed by atoms with Crippen LogP contribution in [-0.4, -0.2) is 163 Å². The first-order valence-electron chi connectivity index (χ1n) is 31.7. The molecule has 0 saturated carbocycles. The molecular weight excluding hydrogens is 1190 g/mol. The molecule has 7 amide bonds. The van der Waals surface area contributed by atoms with Crippen LogP contribution in [0.15, 0.2) is 24.3 Å². The van der Waals surface area contributed by atoms with Gasteiger partial charge in [0, 0.05) is 80.4 Å². The van der Waals surface area contributed by atoms with Gasteiger partial charge in [-0.1, -0.05) is 121 Å². The molecule has 89 heavy (non-hydrogen) atoms. The largest absolute Gasteiger partial charge is 0.481 e. The second-order valence-corrected chi connectivity index (χ2v) is 25.5. The summed E-state index contributed by atoms with van der Waals surface area (Å²) >= 11 is 2.50. The summed E-state index contributed by atoms with van der Waals surface area (Å²) in [7, 11) is 0. The number of nitrogens with two attached hydrogens (primary N) is 1. The summed E-state index contributed by atoms with van der Waals surface area (Å²) in [6.07, 6.45) is 13.3. The maximum absolute atomic E-state index is 14.4. The highest BCUT2D eigenvalue weighted by atomic mass is 32.2. The summed E-state index contributed by atoms with van der Waals surface area (Å²) in [5.41, 5.74) is 7.29. The molecule has 0 unspecified atom stereocenters. The number of aliphatic carboxylic acids is 3. The van der Waals surface area contributed by atoms with Crippen molar-refractivity contribution in [3.8, 4) is 0 Å². The van der Waals surface area contributed by atoms with E-state index in [4.69, 9.17) is 5.73 Å². The number of thioether (sulfide) groups is 2. The molecule has 0 bridgehead atoms. The number of amides is 7. The molecule has 8 atom stereocenters. The van der Waals surface area contributed by atoms with Crippen LogP contribution in [0.3, 0.4) is 0 Å². The third kappa shape index (κ3) is 31.3. The minimum Gasteiger partial charge on any atom is -0.481 e. The van der Waals surface area contributed by atoms with Crippen LogP contribution < -0.4 is 32.3 Å². The number of nitrogens with zero attached hydrogens (tertiary/aromatic N) is 1. The van der Waals surface area contributed by atoms with Gasteiger partial charge in [0.05, 0.1) is 25.0 Å². The fraction of sp³-hybridized carbons (Fsp3) is 0.698. The maximum atomic E-state index is 14.4. The number of carboxylic acids is 3. The van der Waals surface area contributed by atoms with Crippen molar-refractivity contribution in [2.75, 3.05) is 24.6 Å². The molecular formula is C63H97N7O17S2. The second-order valence-electron chi connectivity index (χ2n) is 23.5. The second kappa shape index (κ2) is 43.3. The number of benzene rings is 1. The Morgan fingerprint density at radius 2 is 1.11 bits per heavy atom. The lowest BCUT2D eigenvalue weighted by molar-refractivity contribution is -0.146. The molecule has 1 aromatic carbocycles. The van der Waals surface area contributed by atoms with E-state index in [9.17, 15) is 82.8 Å². The number of carbonyl (C=O) groups is 13.